The lowest BCUT2D eigenvalue weighted by Gasteiger charge is -2.11. The number of carboxylic acid groups (broad SMARTS) is 3. The van der Waals surface area contributed by atoms with Crippen molar-refractivity contribution in [3.8, 4) is 5.69 Å². The van der Waals surface area contributed by atoms with Crippen LogP contribution in [-0.2, 0) is 4.74 Å². The maximum atomic E-state index is 12.3. The second-order valence-corrected chi connectivity index (χ2v) is 5.33. The fourth-order valence-electron chi connectivity index (χ4n) is 2.43. The number of esters is 1. The lowest BCUT2D eigenvalue weighted by molar-refractivity contribution is 0.0505. The van der Waals surface area contributed by atoms with Crippen LogP contribution in [0, 0.1) is 0 Å². The molecule has 0 atom stereocenters. The van der Waals surface area contributed by atoms with E-state index >= 15 is 0 Å². The molecule has 0 amide bonds. The molecule has 0 aliphatic rings. The van der Waals surface area contributed by atoms with Gasteiger partial charge in [0.1, 0.15) is 22.5 Å². The molecule has 1 aromatic heterocycles. The van der Waals surface area contributed by atoms with Gasteiger partial charge in [-0.2, -0.15) is 0 Å². The van der Waals surface area contributed by atoms with E-state index in [1.807, 2.05) is 0 Å². The van der Waals surface area contributed by atoms with Crippen LogP contribution in [0.1, 0.15) is 48.6 Å². The zero-order valence-electron chi connectivity index (χ0n) is 13.2. The van der Waals surface area contributed by atoms with Gasteiger partial charge in [-0.3, -0.25) is 4.57 Å². The lowest BCUT2D eigenvalue weighted by Crippen LogP contribution is -2.17. The molecule has 0 spiro atoms. The van der Waals surface area contributed by atoms with Crippen molar-refractivity contribution in [2.45, 2.75) is 6.92 Å². The highest BCUT2D eigenvalue weighted by Crippen LogP contribution is 2.29. The van der Waals surface area contributed by atoms with Gasteiger partial charge in [0.05, 0.1) is 6.61 Å². The molecule has 0 aliphatic heterocycles. The van der Waals surface area contributed by atoms with Crippen molar-refractivity contribution in [2.75, 3.05) is 6.61 Å². The minimum atomic E-state index is -1.81. The third-order valence-corrected chi connectivity index (χ3v) is 3.61. The first kappa shape index (κ1) is 19.0. The van der Waals surface area contributed by atoms with Gasteiger partial charge in [0.15, 0.2) is 0 Å². The van der Waals surface area contributed by atoms with Crippen LogP contribution in [0.2, 0.25) is 5.02 Å². The van der Waals surface area contributed by atoms with E-state index < -0.39 is 46.4 Å². The molecule has 0 radical (unpaired) electrons. The summed E-state index contributed by atoms with van der Waals surface area (Å²) in [5.41, 5.74) is -3.56. The number of carboxylic acids is 3. The molecule has 1 aromatic carbocycles. The number of aromatic nitrogens is 1. The number of halogens is 1. The van der Waals surface area contributed by atoms with Gasteiger partial charge >= 0.3 is 23.9 Å². The Morgan fingerprint density at radius 3 is 1.85 bits per heavy atom. The second-order valence-electron chi connectivity index (χ2n) is 4.89. The number of hydrogen-bond acceptors (Lipinski definition) is 5. The maximum absolute atomic E-state index is 12.3. The average Bonchev–Trinajstić information content (AvgIpc) is 2.92. The summed E-state index contributed by atoms with van der Waals surface area (Å²) in [6.45, 7) is 1.33. The highest BCUT2D eigenvalue weighted by molar-refractivity contribution is 6.30. The lowest BCUT2D eigenvalue weighted by atomic mass is 10.1. The minimum Gasteiger partial charge on any atom is -0.478 e. The van der Waals surface area contributed by atoms with Crippen molar-refractivity contribution in [1.82, 2.24) is 4.57 Å². The molecule has 0 fully saturated rings. The van der Waals surface area contributed by atoms with Gasteiger partial charge in [0.25, 0.3) is 0 Å². The Hall–Kier alpha value is -3.33. The van der Waals surface area contributed by atoms with E-state index in [9.17, 15) is 34.5 Å². The zero-order valence-corrected chi connectivity index (χ0v) is 14.0. The standard InChI is InChI=1S/C16H12ClNO8/c1-2-26-16(25)12-10(14(21)22)9(13(19)20)11(15(23)24)18(12)8-5-3-7(17)4-6-8/h3-6H,2H2,1H3,(H,19,20)(H,21,22)(H,23,24). The first-order valence-electron chi connectivity index (χ1n) is 7.12. The Kier molecular flexibility index (Phi) is 5.32. The van der Waals surface area contributed by atoms with Crippen molar-refractivity contribution in [2.24, 2.45) is 0 Å². The smallest absolute Gasteiger partial charge is 0.356 e. The van der Waals surface area contributed by atoms with Crippen molar-refractivity contribution in [3.05, 3.63) is 51.8 Å². The van der Waals surface area contributed by atoms with Crippen LogP contribution in [0.5, 0.6) is 0 Å². The number of carbonyl (C=O) groups excluding carboxylic acids is 1. The van der Waals surface area contributed by atoms with E-state index in [1.165, 1.54) is 31.2 Å². The molecular formula is C16H12ClNO8. The molecule has 10 heteroatoms. The van der Waals surface area contributed by atoms with Crippen LogP contribution in [-0.4, -0.2) is 50.4 Å². The Labute approximate surface area is 151 Å². The van der Waals surface area contributed by atoms with Crippen LogP contribution in [0.4, 0.5) is 0 Å². The highest BCUT2D eigenvalue weighted by Gasteiger charge is 2.38. The van der Waals surface area contributed by atoms with Crippen molar-refractivity contribution in [3.63, 3.8) is 0 Å². The van der Waals surface area contributed by atoms with Crippen molar-refractivity contribution >= 4 is 35.5 Å². The number of hydrogen-bond donors (Lipinski definition) is 3. The fourth-order valence-corrected chi connectivity index (χ4v) is 2.56. The van der Waals surface area contributed by atoms with Gasteiger partial charge in [0.2, 0.25) is 0 Å². The monoisotopic (exact) mass is 381 g/mol. The van der Waals surface area contributed by atoms with Crippen LogP contribution in [0.25, 0.3) is 5.69 Å². The van der Waals surface area contributed by atoms with Crippen LogP contribution >= 0.6 is 11.6 Å². The number of ether oxygens (including phenoxy) is 1. The molecule has 136 valence electrons. The Bertz CT molecular complexity index is 913. The number of carbonyl (C=O) groups is 4. The Balaban J connectivity index is 3.03. The second kappa shape index (κ2) is 7.28. The SMILES string of the molecule is CCOC(=O)c1c(C(=O)O)c(C(=O)O)c(C(=O)O)n1-c1ccc(Cl)cc1. The number of nitrogens with zero attached hydrogens (tertiary/aromatic N) is 1. The molecule has 0 bridgehead atoms. The van der Waals surface area contributed by atoms with E-state index in [2.05, 4.69) is 0 Å². The summed E-state index contributed by atoms with van der Waals surface area (Å²) < 4.78 is 5.52. The molecule has 1 heterocycles. The third kappa shape index (κ3) is 3.24. The zero-order chi connectivity index (χ0) is 19.6. The van der Waals surface area contributed by atoms with Crippen LogP contribution < -0.4 is 0 Å². The molecular weight excluding hydrogens is 370 g/mol. The van der Waals surface area contributed by atoms with E-state index in [0.717, 1.165) is 4.57 Å². The molecule has 3 N–H and O–H groups in total. The average molecular weight is 382 g/mol. The first-order valence-corrected chi connectivity index (χ1v) is 7.50. The number of rotatable bonds is 6. The highest BCUT2D eigenvalue weighted by atomic mass is 35.5. The molecule has 0 unspecified atom stereocenters. The summed E-state index contributed by atoms with van der Waals surface area (Å²) in [5, 5.41) is 28.6. The molecule has 9 nitrogen and oxygen atoms in total. The van der Waals surface area contributed by atoms with Crippen LogP contribution in [0.3, 0.4) is 0 Å². The summed E-state index contributed by atoms with van der Waals surface area (Å²) in [6, 6.07) is 5.38. The molecule has 0 saturated carbocycles. The summed E-state index contributed by atoms with van der Waals surface area (Å²) >= 11 is 5.79. The van der Waals surface area contributed by atoms with Crippen molar-refractivity contribution < 1.29 is 39.2 Å². The molecule has 2 rings (SSSR count). The normalized spacial score (nSPS) is 10.4. The van der Waals surface area contributed by atoms with Crippen LogP contribution in [0.15, 0.2) is 24.3 Å². The largest absolute Gasteiger partial charge is 0.478 e. The quantitative estimate of drug-likeness (QED) is 0.647. The van der Waals surface area contributed by atoms with Gasteiger partial charge in [-0.05, 0) is 31.2 Å². The fraction of sp³-hybridized carbons (Fsp3) is 0.125. The molecule has 0 aliphatic carbocycles. The van der Waals surface area contributed by atoms with Gasteiger partial charge in [-0.25, -0.2) is 19.2 Å². The molecule has 26 heavy (non-hydrogen) atoms. The predicted octanol–water partition coefficient (Wildman–Crippen LogP) is 2.40. The minimum absolute atomic E-state index is 0.0323. The molecule has 2 aromatic rings. The van der Waals surface area contributed by atoms with E-state index in [1.54, 1.807) is 0 Å². The summed E-state index contributed by atoms with van der Waals surface area (Å²) in [4.78, 5) is 47.2. The maximum Gasteiger partial charge on any atom is 0.356 e. The number of benzene rings is 1. The van der Waals surface area contributed by atoms with Crippen molar-refractivity contribution in [1.29, 1.82) is 0 Å². The summed E-state index contributed by atoms with van der Waals surface area (Å²) in [5.74, 6) is -6.48. The van der Waals surface area contributed by atoms with E-state index in [0.29, 0.717) is 5.02 Å². The third-order valence-electron chi connectivity index (χ3n) is 3.35. The van der Waals surface area contributed by atoms with E-state index in [4.69, 9.17) is 16.3 Å². The summed E-state index contributed by atoms with van der Waals surface area (Å²) in [7, 11) is 0. The van der Waals surface area contributed by atoms with Gasteiger partial charge in [-0.15, -0.1) is 0 Å². The van der Waals surface area contributed by atoms with E-state index in [-0.39, 0.29) is 12.3 Å². The molecule has 0 saturated heterocycles. The summed E-state index contributed by atoms with van der Waals surface area (Å²) in [6.07, 6.45) is 0. The Morgan fingerprint density at radius 1 is 0.923 bits per heavy atom. The topological polar surface area (TPSA) is 143 Å². The van der Waals surface area contributed by atoms with Gasteiger partial charge in [-0.1, -0.05) is 11.6 Å². The first-order chi connectivity index (χ1) is 12.2. The Morgan fingerprint density at radius 2 is 1.42 bits per heavy atom. The van der Waals surface area contributed by atoms with Gasteiger partial charge < -0.3 is 20.1 Å². The van der Waals surface area contributed by atoms with Gasteiger partial charge in [0, 0.05) is 10.7 Å². The predicted molar refractivity (Wildman–Crippen MR) is 87.6 cm³/mol. The number of aromatic carboxylic acids is 3.